The third-order valence-electron chi connectivity index (χ3n) is 5.57. The maximum atomic E-state index is 10.5. The van der Waals surface area contributed by atoms with E-state index in [1.54, 1.807) is 0 Å². The molecule has 1 heterocycles. The van der Waals surface area contributed by atoms with Gasteiger partial charge in [-0.05, 0) is 49.9 Å². The van der Waals surface area contributed by atoms with E-state index in [9.17, 15) is 9.90 Å². The van der Waals surface area contributed by atoms with E-state index in [1.807, 2.05) is 6.08 Å². The maximum absolute atomic E-state index is 10.5. The molecule has 0 unspecified atom stereocenters. The number of hydrogen-bond donors (Lipinski definition) is 2. The molecule has 1 aliphatic carbocycles. The molecule has 5 atom stereocenters. The van der Waals surface area contributed by atoms with Crippen molar-refractivity contribution in [3.63, 3.8) is 0 Å². The number of carbonyl (C=O) groups is 1. The summed E-state index contributed by atoms with van der Waals surface area (Å²) in [6, 6.07) is 0. The number of carboxylic acids is 1. The van der Waals surface area contributed by atoms with Crippen molar-refractivity contribution in [1.29, 1.82) is 0 Å². The van der Waals surface area contributed by atoms with Crippen LogP contribution < -0.4 is 0 Å². The van der Waals surface area contributed by atoms with E-state index in [0.717, 1.165) is 38.7 Å². The molecular weight excluding hydrogens is 316 g/mol. The summed E-state index contributed by atoms with van der Waals surface area (Å²) in [6.45, 7) is 3.03. The summed E-state index contributed by atoms with van der Waals surface area (Å²) < 4.78 is 5.88. The van der Waals surface area contributed by atoms with E-state index in [4.69, 9.17) is 9.84 Å². The fourth-order valence-electron chi connectivity index (χ4n) is 4.15. The topological polar surface area (TPSA) is 66.8 Å². The second-order valence-corrected chi connectivity index (χ2v) is 7.55. The van der Waals surface area contributed by atoms with Crippen LogP contribution >= 0.6 is 0 Å². The highest BCUT2D eigenvalue weighted by atomic mass is 16.5. The van der Waals surface area contributed by atoms with Gasteiger partial charge in [0.1, 0.15) is 0 Å². The summed E-state index contributed by atoms with van der Waals surface area (Å²) in [7, 11) is 0. The number of ether oxygens (including phenoxy) is 1. The molecule has 0 aromatic rings. The Balaban J connectivity index is 1.78. The number of aliphatic carboxylic acids is 1. The standard InChI is InChI=1S/C21H34O4/c1-2-3-6-9-17(22)12-13-18-16-14-20(25-15-16)19(18)10-7-4-5-8-11-21(23)24/h4,7,12-13,16-20,22H,2-3,5-6,8-11,14-15H2,1H3,(H,23,24)/b7-4-,13-12+/t16-,17-,18-,19+,20+/m0/s1. The van der Waals surface area contributed by atoms with Crippen molar-refractivity contribution < 1.29 is 19.7 Å². The number of aliphatic hydroxyl groups is 1. The second kappa shape index (κ2) is 10.8. The van der Waals surface area contributed by atoms with Crippen LogP contribution in [0.25, 0.3) is 0 Å². The van der Waals surface area contributed by atoms with Crippen molar-refractivity contribution in [2.45, 2.75) is 76.9 Å². The molecule has 0 aromatic heterocycles. The van der Waals surface area contributed by atoms with Crippen LogP contribution in [0.1, 0.15) is 64.7 Å². The normalized spacial score (nSPS) is 29.8. The Hall–Kier alpha value is -1.13. The molecular formula is C21H34O4. The van der Waals surface area contributed by atoms with E-state index in [-0.39, 0.29) is 12.5 Å². The molecule has 142 valence electrons. The smallest absolute Gasteiger partial charge is 0.303 e. The molecule has 25 heavy (non-hydrogen) atoms. The number of allylic oxidation sites excluding steroid dienone is 3. The van der Waals surface area contributed by atoms with E-state index < -0.39 is 5.97 Å². The number of aliphatic hydroxyl groups excluding tert-OH is 1. The Morgan fingerprint density at radius 2 is 2.12 bits per heavy atom. The number of carboxylic acid groups (broad SMARTS) is 1. The summed E-state index contributed by atoms with van der Waals surface area (Å²) in [5.74, 6) is 0.865. The summed E-state index contributed by atoms with van der Waals surface area (Å²) in [5.41, 5.74) is 0. The lowest BCUT2D eigenvalue weighted by Crippen LogP contribution is -2.27. The SMILES string of the molecule is CCCCC[C@H](O)/C=C/[C@H]1[C@@H]2CO[C@H](C2)[C@@H]1C/C=C\CCCC(=O)O. The molecule has 2 fully saturated rings. The Bertz CT molecular complexity index is 457. The van der Waals surface area contributed by atoms with Gasteiger partial charge in [-0.15, -0.1) is 0 Å². The minimum Gasteiger partial charge on any atom is -0.481 e. The first-order chi connectivity index (χ1) is 12.1. The molecule has 0 spiro atoms. The van der Waals surface area contributed by atoms with Crippen LogP contribution in [0.3, 0.4) is 0 Å². The predicted octanol–water partition coefficient (Wildman–Crippen LogP) is 4.34. The fourth-order valence-corrected chi connectivity index (χ4v) is 4.15. The van der Waals surface area contributed by atoms with Gasteiger partial charge in [-0.3, -0.25) is 4.79 Å². The molecule has 0 radical (unpaired) electrons. The molecule has 1 saturated heterocycles. The number of hydrogen-bond acceptors (Lipinski definition) is 3. The Labute approximate surface area is 152 Å². The zero-order chi connectivity index (χ0) is 18.1. The van der Waals surface area contributed by atoms with Gasteiger partial charge < -0.3 is 14.9 Å². The zero-order valence-electron chi connectivity index (χ0n) is 15.5. The lowest BCUT2D eigenvalue weighted by Gasteiger charge is -2.28. The van der Waals surface area contributed by atoms with Crippen molar-refractivity contribution in [3.05, 3.63) is 24.3 Å². The van der Waals surface area contributed by atoms with Crippen LogP contribution in [0, 0.1) is 17.8 Å². The van der Waals surface area contributed by atoms with Crippen molar-refractivity contribution in [3.8, 4) is 0 Å². The van der Waals surface area contributed by atoms with Crippen molar-refractivity contribution >= 4 is 5.97 Å². The molecule has 0 amide bonds. The molecule has 1 aliphatic heterocycles. The highest BCUT2D eigenvalue weighted by molar-refractivity contribution is 5.66. The van der Waals surface area contributed by atoms with Crippen molar-refractivity contribution in [2.75, 3.05) is 6.61 Å². The first-order valence-corrected chi connectivity index (χ1v) is 9.96. The monoisotopic (exact) mass is 350 g/mol. The van der Waals surface area contributed by atoms with Gasteiger partial charge in [0.2, 0.25) is 0 Å². The summed E-state index contributed by atoms with van der Waals surface area (Å²) in [6.07, 6.45) is 16.8. The van der Waals surface area contributed by atoms with Gasteiger partial charge in [0.25, 0.3) is 0 Å². The van der Waals surface area contributed by atoms with Gasteiger partial charge in [0.05, 0.1) is 18.8 Å². The van der Waals surface area contributed by atoms with Crippen LogP contribution in [0.5, 0.6) is 0 Å². The van der Waals surface area contributed by atoms with Crippen LogP contribution in [0.15, 0.2) is 24.3 Å². The molecule has 4 nitrogen and oxygen atoms in total. The Morgan fingerprint density at radius 1 is 1.28 bits per heavy atom. The first-order valence-electron chi connectivity index (χ1n) is 9.96. The number of unbranched alkanes of at least 4 members (excludes halogenated alkanes) is 3. The van der Waals surface area contributed by atoms with Crippen LogP contribution in [0.4, 0.5) is 0 Å². The minimum absolute atomic E-state index is 0.239. The minimum atomic E-state index is -0.724. The maximum Gasteiger partial charge on any atom is 0.303 e. The van der Waals surface area contributed by atoms with Crippen molar-refractivity contribution in [1.82, 2.24) is 0 Å². The van der Waals surface area contributed by atoms with E-state index in [1.165, 1.54) is 12.8 Å². The summed E-state index contributed by atoms with van der Waals surface area (Å²) in [4.78, 5) is 10.5. The largest absolute Gasteiger partial charge is 0.481 e. The molecule has 1 saturated carbocycles. The van der Waals surface area contributed by atoms with Gasteiger partial charge in [0.15, 0.2) is 0 Å². The predicted molar refractivity (Wildman–Crippen MR) is 99.4 cm³/mol. The van der Waals surface area contributed by atoms with Crippen LogP contribution in [0.2, 0.25) is 0 Å². The Kier molecular flexibility index (Phi) is 8.70. The van der Waals surface area contributed by atoms with Crippen LogP contribution in [-0.4, -0.2) is 35.0 Å². The summed E-state index contributed by atoms with van der Waals surface area (Å²) >= 11 is 0. The van der Waals surface area contributed by atoms with Crippen LogP contribution in [-0.2, 0) is 9.53 Å². The molecule has 2 rings (SSSR count). The lowest BCUT2D eigenvalue weighted by molar-refractivity contribution is -0.137. The fraction of sp³-hybridized carbons (Fsp3) is 0.762. The van der Waals surface area contributed by atoms with Gasteiger partial charge in [-0.1, -0.05) is 50.5 Å². The van der Waals surface area contributed by atoms with Gasteiger partial charge in [-0.25, -0.2) is 0 Å². The summed E-state index contributed by atoms with van der Waals surface area (Å²) in [5, 5.41) is 18.8. The molecule has 2 N–H and O–H groups in total. The van der Waals surface area contributed by atoms with Crippen molar-refractivity contribution in [2.24, 2.45) is 17.8 Å². The Morgan fingerprint density at radius 3 is 2.88 bits per heavy atom. The van der Waals surface area contributed by atoms with E-state index >= 15 is 0 Å². The zero-order valence-corrected chi connectivity index (χ0v) is 15.5. The number of rotatable bonds is 12. The lowest BCUT2D eigenvalue weighted by atomic mass is 9.85. The molecule has 2 aliphatic rings. The second-order valence-electron chi connectivity index (χ2n) is 7.55. The third kappa shape index (κ3) is 6.59. The average molecular weight is 350 g/mol. The number of fused-ring (bicyclic) bond motifs is 2. The molecule has 0 aromatic carbocycles. The highest BCUT2D eigenvalue weighted by Gasteiger charge is 2.46. The first kappa shape index (κ1) is 20.2. The quantitative estimate of drug-likeness (QED) is 0.406. The molecule has 4 heteroatoms. The highest BCUT2D eigenvalue weighted by Crippen LogP contribution is 2.47. The van der Waals surface area contributed by atoms with Gasteiger partial charge in [-0.2, -0.15) is 0 Å². The average Bonchev–Trinajstić information content (AvgIpc) is 3.17. The van der Waals surface area contributed by atoms with Gasteiger partial charge >= 0.3 is 5.97 Å². The van der Waals surface area contributed by atoms with E-state index in [0.29, 0.717) is 30.3 Å². The molecule has 2 bridgehead atoms. The van der Waals surface area contributed by atoms with E-state index in [2.05, 4.69) is 25.2 Å². The van der Waals surface area contributed by atoms with Gasteiger partial charge in [0, 0.05) is 6.42 Å². The third-order valence-corrected chi connectivity index (χ3v) is 5.57.